The summed E-state index contributed by atoms with van der Waals surface area (Å²) in [5.41, 5.74) is 0. The minimum Gasteiger partial charge on any atom is -0.394 e. The van der Waals surface area contributed by atoms with Crippen LogP contribution in [0.5, 0.6) is 0 Å². The van der Waals surface area contributed by atoms with Crippen molar-refractivity contribution in [3.8, 4) is 0 Å². The quantitative estimate of drug-likeness (QED) is 0.295. The topological polar surface area (TPSA) is 135 Å². The van der Waals surface area contributed by atoms with Crippen LogP contribution in [0.2, 0.25) is 0 Å². The summed E-state index contributed by atoms with van der Waals surface area (Å²) in [5.74, 6) is -2.25. The highest BCUT2D eigenvalue weighted by Crippen LogP contribution is 2.06. The van der Waals surface area contributed by atoms with Crippen LogP contribution in [-0.2, 0) is 9.59 Å². The second kappa shape index (κ2) is 5.89. The van der Waals surface area contributed by atoms with Crippen LogP contribution < -0.4 is 0 Å². The van der Waals surface area contributed by atoms with Gasteiger partial charge < -0.3 is 25.5 Å². The zero-order valence-corrected chi connectivity index (χ0v) is 8.07. The lowest BCUT2D eigenvalue weighted by atomic mass is 9.99. The van der Waals surface area contributed by atoms with E-state index in [-0.39, 0.29) is 0 Å². The average molecular weight is 222 g/mol. The van der Waals surface area contributed by atoms with E-state index in [4.69, 9.17) is 25.5 Å². The monoisotopic (exact) mass is 222 g/mol. The highest BCUT2D eigenvalue weighted by molar-refractivity contribution is 6.38. The fraction of sp³-hybridized carbons (Fsp3) is 0.750. The summed E-state index contributed by atoms with van der Waals surface area (Å²) in [5, 5.41) is 44.7. The fourth-order valence-electron chi connectivity index (χ4n) is 0.886. The molecule has 5 N–H and O–H groups in total. The van der Waals surface area contributed by atoms with Crippen molar-refractivity contribution in [3.63, 3.8) is 0 Å². The zero-order valence-electron chi connectivity index (χ0n) is 8.07. The number of hydrogen-bond donors (Lipinski definition) is 5. The second-order valence-corrected chi connectivity index (χ2v) is 3.10. The summed E-state index contributed by atoms with van der Waals surface area (Å²) in [4.78, 5) is 21.4. The number of aliphatic hydroxyl groups is 5. The van der Waals surface area contributed by atoms with Gasteiger partial charge in [-0.2, -0.15) is 0 Å². The lowest BCUT2D eigenvalue weighted by Crippen LogP contribution is -2.49. The number of ketones is 2. The van der Waals surface area contributed by atoms with Gasteiger partial charge in [-0.1, -0.05) is 0 Å². The molecule has 0 radical (unpaired) electrons. The number of carbonyl (C=O) groups is 2. The number of aliphatic hydroxyl groups excluding tert-OH is 5. The first-order valence-corrected chi connectivity index (χ1v) is 4.20. The van der Waals surface area contributed by atoms with E-state index in [2.05, 4.69) is 0 Å². The molecule has 0 saturated heterocycles. The summed E-state index contributed by atoms with van der Waals surface area (Å²) < 4.78 is 0. The molecule has 0 aliphatic carbocycles. The van der Waals surface area contributed by atoms with Crippen molar-refractivity contribution < 1.29 is 35.1 Å². The molecule has 0 fully saturated rings. The molecule has 0 saturated carbocycles. The van der Waals surface area contributed by atoms with Crippen LogP contribution in [0.25, 0.3) is 0 Å². The third kappa shape index (κ3) is 3.65. The molecule has 88 valence electrons. The lowest BCUT2D eigenvalue weighted by Gasteiger charge is -2.24. The third-order valence-electron chi connectivity index (χ3n) is 1.87. The molecule has 0 spiro atoms. The molecule has 15 heavy (non-hydrogen) atoms. The molecule has 7 nitrogen and oxygen atoms in total. The van der Waals surface area contributed by atoms with Crippen LogP contribution >= 0.6 is 0 Å². The smallest absolute Gasteiger partial charge is 0.229 e. The van der Waals surface area contributed by atoms with Gasteiger partial charge in [-0.3, -0.25) is 9.59 Å². The van der Waals surface area contributed by atoms with Crippen LogP contribution in [0, 0.1) is 0 Å². The SMILES string of the molecule is CC(=O)C(=O)[C@H](O)[C@@H](O)[C@@H](O)[C@H](O)CO. The van der Waals surface area contributed by atoms with Crippen molar-refractivity contribution in [2.75, 3.05) is 6.61 Å². The van der Waals surface area contributed by atoms with Crippen molar-refractivity contribution in [2.24, 2.45) is 0 Å². The average Bonchev–Trinajstić information content (AvgIpc) is 2.23. The van der Waals surface area contributed by atoms with E-state index in [1.165, 1.54) is 0 Å². The number of hydrogen-bond acceptors (Lipinski definition) is 7. The van der Waals surface area contributed by atoms with Crippen molar-refractivity contribution in [2.45, 2.75) is 31.3 Å². The van der Waals surface area contributed by atoms with Gasteiger partial charge in [0.25, 0.3) is 0 Å². The molecule has 0 rings (SSSR count). The molecule has 0 aromatic rings. The van der Waals surface area contributed by atoms with E-state index in [0.29, 0.717) is 0 Å². The summed E-state index contributed by atoms with van der Waals surface area (Å²) in [6, 6.07) is 0. The Morgan fingerprint density at radius 3 is 1.87 bits per heavy atom. The molecule has 0 amide bonds. The highest BCUT2D eigenvalue weighted by atomic mass is 16.4. The molecule has 0 aliphatic rings. The Kier molecular flexibility index (Phi) is 5.55. The zero-order chi connectivity index (χ0) is 12.2. The first-order valence-electron chi connectivity index (χ1n) is 4.20. The predicted molar refractivity (Wildman–Crippen MR) is 46.8 cm³/mol. The minimum absolute atomic E-state index is 0.848. The molecule has 4 atom stereocenters. The molecule has 0 unspecified atom stereocenters. The van der Waals surface area contributed by atoms with Gasteiger partial charge in [0.15, 0.2) is 5.78 Å². The number of Topliss-reactive ketones (excluding diaryl/α,β-unsaturated/α-hetero) is 2. The van der Waals surface area contributed by atoms with Crippen LogP contribution in [0.1, 0.15) is 6.92 Å². The van der Waals surface area contributed by atoms with Gasteiger partial charge in [0.1, 0.15) is 24.4 Å². The Morgan fingerprint density at radius 2 is 1.53 bits per heavy atom. The van der Waals surface area contributed by atoms with E-state index in [9.17, 15) is 9.59 Å². The summed E-state index contributed by atoms with van der Waals surface area (Å²) in [6.45, 7) is 0.0480. The number of carbonyl (C=O) groups excluding carboxylic acids is 2. The molecular weight excluding hydrogens is 208 g/mol. The second-order valence-electron chi connectivity index (χ2n) is 3.10. The van der Waals surface area contributed by atoms with Crippen LogP contribution in [0.4, 0.5) is 0 Å². The predicted octanol–water partition coefficient (Wildman–Crippen LogP) is -3.42. The Labute approximate surface area is 85.6 Å². The van der Waals surface area contributed by atoms with Gasteiger partial charge in [0, 0.05) is 6.92 Å². The van der Waals surface area contributed by atoms with Gasteiger partial charge >= 0.3 is 0 Å². The van der Waals surface area contributed by atoms with Crippen molar-refractivity contribution in [1.29, 1.82) is 0 Å². The summed E-state index contributed by atoms with van der Waals surface area (Å²) >= 11 is 0. The summed E-state index contributed by atoms with van der Waals surface area (Å²) in [6.07, 6.45) is -7.75. The Bertz CT molecular complexity index is 239. The van der Waals surface area contributed by atoms with Crippen LogP contribution in [0.3, 0.4) is 0 Å². The van der Waals surface area contributed by atoms with Crippen LogP contribution in [-0.4, -0.2) is 68.1 Å². The molecule has 0 aromatic heterocycles. The summed E-state index contributed by atoms with van der Waals surface area (Å²) in [7, 11) is 0. The van der Waals surface area contributed by atoms with Gasteiger partial charge in [0.2, 0.25) is 5.78 Å². The molecule has 0 aliphatic heterocycles. The minimum atomic E-state index is -2.11. The van der Waals surface area contributed by atoms with Gasteiger partial charge in [-0.25, -0.2) is 0 Å². The molecule has 0 bridgehead atoms. The van der Waals surface area contributed by atoms with E-state index < -0.39 is 42.6 Å². The Balaban J connectivity index is 4.50. The Morgan fingerprint density at radius 1 is 1.07 bits per heavy atom. The van der Waals surface area contributed by atoms with Gasteiger partial charge in [0.05, 0.1) is 6.61 Å². The lowest BCUT2D eigenvalue weighted by molar-refractivity contribution is -0.153. The maximum absolute atomic E-state index is 10.9. The van der Waals surface area contributed by atoms with E-state index in [1.54, 1.807) is 0 Å². The fourth-order valence-corrected chi connectivity index (χ4v) is 0.886. The number of rotatable bonds is 6. The van der Waals surface area contributed by atoms with E-state index >= 15 is 0 Å². The van der Waals surface area contributed by atoms with Crippen LogP contribution in [0.15, 0.2) is 0 Å². The van der Waals surface area contributed by atoms with Gasteiger partial charge in [-0.05, 0) is 0 Å². The van der Waals surface area contributed by atoms with Crippen molar-refractivity contribution >= 4 is 11.6 Å². The van der Waals surface area contributed by atoms with Crippen molar-refractivity contribution in [1.82, 2.24) is 0 Å². The maximum Gasteiger partial charge on any atom is 0.229 e. The third-order valence-corrected chi connectivity index (χ3v) is 1.87. The van der Waals surface area contributed by atoms with Crippen molar-refractivity contribution in [3.05, 3.63) is 0 Å². The normalized spacial score (nSPS) is 19.1. The molecule has 0 aromatic carbocycles. The molecule has 0 heterocycles. The highest BCUT2D eigenvalue weighted by Gasteiger charge is 2.35. The molecular formula is C8H14O7. The van der Waals surface area contributed by atoms with E-state index in [1.807, 2.05) is 0 Å². The van der Waals surface area contributed by atoms with Gasteiger partial charge in [-0.15, -0.1) is 0 Å². The van der Waals surface area contributed by atoms with E-state index in [0.717, 1.165) is 6.92 Å². The first-order chi connectivity index (χ1) is 6.82. The first kappa shape index (κ1) is 14.1. The molecule has 7 heteroatoms. The standard InChI is InChI=1S/C8H14O7/c1-3(10)5(12)7(14)8(15)6(13)4(11)2-9/h4,6-9,11,13-15H,2H2,1H3/t4-,6+,7+,8+/m1/s1. The largest absolute Gasteiger partial charge is 0.394 e. The maximum atomic E-state index is 10.9. The Hall–Kier alpha value is -0.860.